The second kappa shape index (κ2) is 6.76. The number of ether oxygens (including phenoxy) is 2. The summed E-state index contributed by atoms with van der Waals surface area (Å²) in [5.74, 6) is 0.740. The molecule has 0 radical (unpaired) electrons. The fourth-order valence-electron chi connectivity index (χ4n) is 2.73. The van der Waals surface area contributed by atoms with Crippen molar-refractivity contribution in [1.82, 2.24) is 4.31 Å². The van der Waals surface area contributed by atoms with Gasteiger partial charge in [0.25, 0.3) is 0 Å². The summed E-state index contributed by atoms with van der Waals surface area (Å²) < 4.78 is 35.2. The Labute approximate surface area is 136 Å². The number of rotatable bonds is 5. The molecule has 128 valence electrons. The third-order valence-electron chi connectivity index (χ3n) is 3.92. The van der Waals surface area contributed by atoms with Crippen LogP contribution in [0.1, 0.15) is 18.4 Å². The van der Waals surface area contributed by atoms with Gasteiger partial charge < -0.3 is 14.8 Å². The van der Waals surface area contributed by atoms with Crippen LogP contribution < -0.4 is 14.8 Å². The highest BCUT2D eigenvalue weighted by molar-refractivity contribution is 7.88. The first-order chi connectivity index (χ1) is 10.8. The molecule has 1 heterocycles. The number of hydrogen-bond donors (Lipinski definition) is 1. The molecule has 1 saturated heterocycles. The molecule has 1 aliphatic heterocycles. The molecule has 23 heavy (non-hydrogen) atoms. The highest BCUT2D eigenvalue weighted by Crippen LogP contribution is 2.33. The van der Waals surface area contributed by atoms with E-state index in [2.05, 4.69) is 5.32 Å². The lowest BCUT2D eigenvalue weighted by molar-refractivity contribution is -0.119. The maximum absolute atomic E-state index is 12.5. The zero-order valence-corrected chi connectivity index (χ0v) is 14.6. The smallest absolute Gasteiger partial charge is 0.242 e. The van der Waals surface area contributed by atoms with Crippen molar-refractivity contribution >= 4 is 21.6 Å². The van der Waals surface area contributed by atoms with E-state index in [-0.39, 0.29) is 5.91 Å². The summed E-state index contributed by atoms with van der Waals surface area (Å²) >= 11 is 0. The Hall–Kier alpha value is -1.80. The van der Waals surface area contributed by atoms with Crippen molar-refractivity contribution in [2.45, 2.75) is 25.8 Å². The number of methoxy groups -OCH3 is 2. The van der Waals surface area contributed by atoms with Crippen molar-refractivity contribution < 1.29 is 22.7 Å². The standard InChI is InChI=1S/C15H22N2O5S/c1-10-8-13(21-2)14(22-3)9-11(10)16-15(18)12-6-5-7-17(12)23(4,19)20/h8-9,12H,5-7H2,1-4H3,(H,16,18)/t12-/m0/s1. The van der Waals surface area contributed by atoms with Gasteiger partial charge in [-0.05, 0) is 31.4 Å². The highest BCUT2D eigenvalue weighted by atomic mass is 32.2. The molecule has 0 unspecified atom stereocenters. The van der Waals surface area contributed by atoms with E-state index in [4.69, 9.17) is 9.47 Å². The van der Waals surface area contributed by atoms with Gasteiger partial charge in [0.05, 0.1) is 20.5 Å². The number of carbonyl (C=O) groups excluding carboxylic acids is 1. The van der Waals surface area contributed by atoms with Gasteiger partial charge in [0.15, 0.2) is 11.5 Å². The molecule has 0 aromatic heterocycles. The summed E-state index contributed by atoms with van der Waals surface area (Å²) in [6.07, 6.45) is 2.32. The SMILES string of the molecule is COc1cc(C)c(NC(=O)[C@@H]2CCCN2S(C)(=O)=O)cc1OC. The minimum atomic E-state index is -3.39. The molecule has 1 N–H and O–H groups in total. The summed E-state index contributed by atoms with van der Waals surface area (Å²) in [5.41, 5.74) is 1.38. The first kappa shape index (κ1) is 17.6. The Morgan fingerprint density at radius 2 is 1.87 bits per heavy atom. The molecule has 1 aliphatic rings. The van der Waals surface area contributed by atoms with Crippen LogP contribution in [0.15, 0.2) is 12.1 Å². The molecule has 8 heteroatoms. The largest absolute Gasteiger partial charge is 0.493 e. The van der Waals surface area contributed by atoms with Gasteiger partial charge in [-0.1, -0.05) is 0 Å². The third kappa shape index (κ3) is 3.76. The second-order valence-corrected chi connectivity index (χ2v) is 7.48. The van der Waals surface area contributed by atoms with Gasteiger partial charge in [-0.3, -0.25) is 4.79 Å². The first-order valence-corrected chi connectivity index (χ1v) is 9.13. The van der Waals surface area contributed by atoms with Crippen LogP contribution in [0.5, 0.6) is 11.5 Å². The number of benzene rings is 1. The van der Waals surface area contributed by atoms with E-state index in [1.165, 1.54) is 18.5 Å². The summed E-state index contributed by atoms with van der Waals surface area (Å²) in [6, 6.07) is 2.76. The van der Waals surface area contributed by atoms with E-state index in [9.17, 15) is 13.2 Å². The van der Waals surface area contributed by atoms with E-state index in [0.29, 0.717) is 36.6 Å². The fraction of sp³-hybridized carbons (Fsp3) is 0.533. The lowest BCUT2D eigenvalue weighted by Gasteiger charge is -2.22. The van der Waals surface area contributed by atoms with Crippen molar-refractivity contribution in [2.75, 3.05) is 32.3 Å². The lowest BCUT2D eigenvalue weighted by atomic mass is 10.1. The number of carbonyl (C=O) groups is 1. The normalized spacial score (nSPS) is 18.7. The van der Waals surface area contributed by atoms with Crippen molar-refractivity contribution in [2.24, 2.45) is 0 Å². The van der Waals surface area contributed by atoms with Crippen LogP contribution in [0.2, 0.25) is 0 Å². The van der Waals surface area contributed by atoms with Gasteiger partial charge in [0, 0.05) is 18.3 Å². The zero-order valence-electron chi connectivity index (χ0n) is 13.8. The maximum atomic E-state index is 12.5. The van der Waals surface area contributed by atoms with Gasteiger partial charge in [0.1, 0.15) is 6.04 Å². The summed E-state index contributed by atoms with van der Waals surface area (Å²) in [4.78, 5) is 12.5. The Morgan fingerprint density at radius 1 is 1.26 bits per heavy atom. The molecule has 1 atom stereocenters. The van der Waals surface area contributed by atoms with Crippen LogP contribution in [0, 0.1) is 6.92 Å². The first-order valence-electron chi connectivity index (χ1n) is 7.28. The predicted molar refractivity (Wildman–Crippen MR) is 87.5 cm³/mol. The topological polar surface area (TPSA) is 84.9 Å². The molecule has 0 bridgehead atoms. The number of sulfonamides is 1. The molecular formula is C15H22N2O5S. The van der Waals surface area contributed by atoms with E-state index < -0.39 is 16.1 Å². The minimum Gasteiger partial charge on any atom is -0.493 e. The third-order valence-corrected chi connectivity index (χ3v) is 5.21. The number of amides is 1. The summed E-state index contributed by atoms with van der Waals surface area (Å²) in [5, 5.41) is 2.80. The van der Waals surface area contributed by atoms with Crippen LogP contribution in [0.4, 0.5) is 5.69 Å². The molecule has 0 aliphatic carbocycles. The molecule has 1 aromatic rings. The van der Waals surface area contributed by atoms with E-state index in [1.54, 1.807) is 12.1 Å². The molecule has 1 fully saturated rings. The predicted octanol–water partition coefficient (Wildman–Crippen LogP) is 1.37. The molecule has 0 saturated carbocycles. The van der Waals surface area contributed by atoms with Gasteiger partial charge in [0.2, 0.25) is 15.9 Å². The molecule has 2 rings (SSSR count). The maximum Gasteiger partial charge on any atom is 0.242 e. The van der Waals surface area contributed by atoms with Crippen LogP contribution in [-0.2, 0) is 14.8 Å². The Bertz CT molecular complexity index is 702. The number of nitrogens with one attached hydrogen (secondary N) is 1. The molecule has 1 amide bonds. The van der Waals surface area contributed by atoms with E-state index in [1.807, 2.05) is 6.92 Å². The Kier molecular flexibility index (Phi) is 5.16. The number of nitrogens with zero attached hydrogens (tertiary/aromatic N) is 1. The average molecular weight is 342 g/mol. The number of anilines is 1. The van der Waals surface area contributed by atoms with Crippen molar-refractivity contribution in [1.29, 1.82) is 0 Å². The molecule has 1 aromatic carbocycles. The number of hydrogen-bond acceptors (Lipinski definition) is 5. The molecule has 0 spiro atoms. The number of aryl methyl sites for hydroxylation is 1. The van der Waals surface area contributed by atoms with Crippen molar-refractivity contribution in [3.05, 3.63) is 17.7 Å². The molecule has 7 nitrogen and oxygen atoms in total. The van der Waals surface area contributed by atoms with Crippen LogP contribution in [-0.4, -0.2) is 51.7 Å². The van der Waals surface area contributed by atoms with Gasteiger partial charge >= 0.3 is 0 Å². The summed E-state index contributed by atoms with van der Waals surface area (Å²) in [7, 11) is -0.340. The Morgan fingerprint density at radius 3 is 2.43 bits per heavy atom. The monoisotopic (exact) mass is 342 g/mol. The highest BCUT2D eigenvalue weighted by Gasteiger charge is 2.36. The molecular weight excluding hydrogens is 320 g/mol. The van der Waals surface area contributed by atoms with Crippen molar-refractivity contribution in [3.63, 3.8) is 0 Å². The van der Waals surface area contributed by atoms with Gasteiger partial charge in [-0.2, -0.15) is 4.31 Å². The van der Waals surface area contributed by atoms with Crippen LogP contribution in [0.3, 0.4) is 0 Å². The summed E-state index contributed by atoms with van der Waals surface area (Å²) in [6.45, 7) is 2.21. The minimum absolute atomic E-state index is 0.330. The van der Waals surface area contributed by atoms with Crippen LogP contribution >= 0.6 is 0 Å². The van der Waals surface area contributed by atoms with E-state index >= 15 is 0 Å². The quantitative estimate of drug-likeness (QED) is 0.874. The average Bonchev–Trinajstić information content (AvgIpc) is 2.98. The van der Waals surface area contributed by atoms with Gasteiger partial charge in [-0.25, -0.2) is 8.42 Å². The van der Waals surface area contributed by atoms with E-state index in [0.717, 1.165) is 11.8 Å². The van der Waals surface area contributed by atoms with Crippen molar-refractivity contribution in [3.8, 4) is 11.5 Å². The Balaban J connectivity index is 2.23. The second-order valence-electron chi connectivity index (χ2n) is 5.54. The fourth-order valence-corrected chi connectivity index (χ4v) is 3.85. The zero-order chi connectivity index (χ0) is 17.2. The van der Waals surface area contributed by atoms with Gasteiger partial charge in [-0.15, -0.1) is 0 Å². The lowest BCUT2D eigenvalue weighted by Crippen LogP contribution is -2.42. The van der Waals surface area contributed by atoms with Crippen LogP contribution in [0.25, 0.3) is 0 Å².